The molecule has 0 radical (unpaired) electrons. The van der Waals surface area contributed by atoms with Crippen LogP contribution < -0.4 is 4.74 Å². The molecule has 0 N–H and O–H groups in total. The van der Waals surface area contributed by atoms with Gasteiger partial charge in [-0.3, -0.25) is 0 Å². The smallest absolute Gasteiger partial charge is 0.247 e. The number of nitrogens with zero attached hydrogens (tertiary/aromatic N) is 2. The van der Waals surface area contributed by atoms with Gasteiger partial charge in [-0.2, -0.15) is 0 Å². The Hall–Kier alpha value is -2.62. The Morgan fingerprint density at radius 3 is 2.68 bits per heavy atom. The van der Waals surface area contributed by atoms with E-state index in [0.29, 0.717) is 24.8 Å². The summed E-state index contributed by atoms with van der Waals surface area (Å²) in [6.07, 6.45) is 1.59. The molecule has 0 spiro atoms. The summed E-state index contributed by atoms with van der Waals surface area (Å²) in [6.45, 7) is 2.65. The average molecular weight is 294 g/mol. The summed E-state index contributed by atoms with van der Waals surface area (Å²) in [5.41, 5.74) is 2.19. The van der Waals surface area contributed by atoms with Gasteiger partial charge in [0.15, 0.2) is 0 Å². The van der Waals surface area contributed by atoms with Gasteiger partial charge < -0.3 is 9.15 Å². The van der Waals surface area contributed by atoms with Crippen molar-refractivity contribution in [2.24, 2.45) is 0 Å². The average Bonchev–Trinajstić information content (AvgIpc) is 3.05. The van der Waals surface area contributed by atoms with E-state index in [9.17, 15) is 0 Å². The first-order valence-corrected chi connectivity index (χ1v) is 7.44. The Morgan fingerprint density at radius 1 is 1.00 bits per heavy atom. The van der Waals surface area contributed by atoms with E-state index in [1.54, 1.807) is 0 Å². The van der Waals surface area contributed by atoms with E-state index in [-0.39, 0.29) is 0 Å². The number of hydrogen-bond donors (Lipinski definition) is 0. The van der Waals surface area contributed by atoms with Crippen LogP contribution in [-0.4, -0.2) is 16.8 Å². The SMILES string of the molecule is CCc1cccc(OCCc2nnc(-c3ccccc3)o2)c1. The first-order chi connectivity index (χ1) is 10.8. The van der Waals surface area contributed by atoms with Gasteiger partial charge in [0.2, 0.25) is 11.8 Å². The van der Waals surface area contributed by atoms with Crippen LogP contribution in [0.25, 0.3) is 11.5 Å². The minimum absolute atomic E-state index is 0.517. The molecule has 1 aromatic heterocycles. The molecule has 0 bridgehead atoms. The van der Waals surface area contributed by atoms with Crippen molar-refractivity contribution in [2.75, 3.05) is 6.61 Å². The first kappa shape index (κ1) is 14.3. The highest BCUT2D eigenvalue weighted by atomic mass is 16.5. The lowest BCUT2D eigenvalue weighted by molar-refractivity contribution is 0.306. The molecule has 1 heterocycles. The number of ether oxygens (including phenoxy) is 1. The van der Waals surface area contributed by atoms with E-state index in [1.165, 1.54) is 5.56 Å². The maximum Gasteiger partial charge on any atom is 0.247 e. The van der Waals surface area contributed by atoms with Crippen molar-refractivity contribution in [3.63, 3.8) is 0 Å². The number of aromatic nitrogens is 2. The molecule has 2 aromatic carbocycles. The molecular formula is C18H18N2O2. The van der Waals surface area contributed by atoms with Crippen molar-refractivity contribution >= 4 is 0 Å². The van der Waals surface area contributed by atoms with Crippen LogP contribution in [0, 0.1) is 0 Å². The van der Waals surface area contributed by atoms with Crippen molar-refractivity contribution in [3.8, 4) is 17.2 Å². The van der Waals surface area contributed by atoms with Gasteiger partial charge in [0.25, 0.3) is 0 Å². The van der Waals surface area contributed by atoms with Crippen LogP contribution in [0.5, 0.6) is 5.75 Å². The fourth-order valence-corrected chi connectivity index (χ4v) is 2.16. The van der Waals surface area contributed by atoms with Gasteiger partial charge >= 0.3 is 0 Å². The molecular weight excluding hydrogens is 276 g/mol. The van der Waals surface area contributed by atoms with E-state index in [4.69, 9.17) is 9.15 Å². The van der Waals surface area contributed by atoms with Gasteiger partial charge in [-0.25, -0.2) is 0 Å². The standard InChI is InChI=1S/C18H18N2O2/c1-2-14-7-6-10-16(13-14)21-12-11-17-19-20-18(22-17)15-8-4-3-5-9-15/h3-10,13H,2,11-12H2,1H3. The summed E-state index contributed by atoms with van der Waals surface area (Å²) in [4.78, 5) is 0. The molecule has 4 heteroatoms. The monoisotopic (exact) mass is 294 g/mol. The number of benzene rings is 2. The van der Waals surface area contributed by atoms with Gasteiger partial charge in [0.05, 0.1) is 13.0 Å². The van der Waals surface area contributed by atoms with Crippen LogP contribution in [0.2, 0.25) is 0 Å². The predicted molar refractivity (Wildman–Crippen MR) is 84.8 cm³/mol. The van der Waals surface area contributed by atoms with Gasteiger partial charge in [-0.1, -0.05) is 37.3 Å². The first-order valence-electron chi connectivity index (χ1n) is 7.44. The van der Waals surface area contributed by atoms with E-state index in [2.05, 4.69) is 29.3 Å². The molecule has 0 unspecified atom stereocenters. The van der Waals surface area contributed by atoms with Crippen LogP contribution in [0.1, 0.15) is 18.4 Å². The summed E-state index contributed by atoms with van der Waals surface area (Å²) in [5, 5.41) is 8.13. The van der Waals surface area contributed by atoms with Crippen LogP contribution in [-0.2, 0) is 12.8 Å². The second-order valence-electron chi connectivity index (χ2n) is 4.97. The highest BCUT2D eigenvalue weighted by Crippen LogP contribution is 2.18. The minimum atomic E-state index is 0.517. The molecule has 0 aliphatic carbocycles. The maximum absolute atomic E-state index is 5.74. The third-order valence-corrected chi connectivity index (χ3v) is 3.38. The fourth-order valence-electron chi connectivity index (χ4n) is 2.16. The predicted octanol–water partition coefficient (Wildman–Crippen LogP) is 3.92. The van der Waals surface area contributed by atoms with E-state index in [1.807, 2.05) is 42.5 Å². The molecule has 4 nitrogen and oxygen atoms in total. The van der Waals surface area contributed by atoms with Crippen molar-refractivity contribution in [2.45, 2.75) is 19.8 Å². The summed E-state index contributed by atoms with van der Waals surface area (Å²) in [5.74, 6) is 2.01. The number of hydrogen-bond acceptors (Lipinski definition) is 4. The topological polar surface area (TPSA) is 48.2 Å². The number of rotatable bonds is 6. The molecule has 22 heavy (non-hydrogen) atoms. The summed E-state index contributed by atoms with van der Waals surface area (Å²) < 4.78 is 11.4. The van der Waals surface area contributed by atoms with Gasteiger partial charge in [0.1, 0.15) is 5.75 Å². The molecule has 0 aliphatic rings. The molecule has 112 valence electrons. The highest BCUT2D eigenvalue weighted by Gasteiger charge is 2.08. The molecule has 3 aromatic rings. The lowest BCUT2D eigenvalue weighted by Crippen LogP contribution is -2.01. The normalized spacial score (nSPS) is 10.6. The zero-order valence-corrected chi connectivity index (χ0v) is 12.5. The molecule has 0 saturated carbocycles. The summed E-state index contributed by atoms with van der Waals surface area (Å²) in [6, 6.07) is 17.9. The zero-order valence-electron chi connectivity index (χ0n) is 12.5. The summed E-state index contributed by atoms with van der Waals surface area (Å²) in [7, 11) is 0. The van der Waals surface area contributed by atoms with Crippen molar-refractivity contribution < 1.29 is 9.15 Å². The van der Waals surface area contributed by atoms with Gasteiger partial charge in [-0.15, -0.1) is 10.2 Å². The Morgan fingerprint density at radius 2 is 1.86 bits per heavy atom. The van der Waals surface area contributed by atoms with E-state index < -0.39 is 0 Å². The van der Waals surface area contributed by atoms with Crippen molar-refractivity contribution in [1.82, 2.24) is 10.2 Å². The van der Waals surface area contributed by atoms with E-state index in [0.717, 1.165) is 17.7 Å². The van der Waals surface area contributed by atoms with Crippen molar-refractivity contribution in [3.05, 3.63) is 66.1 Å². The zero-order chi connectivity index (χ0) is 15.2. The van der Waals surface area contributed by atoms with E-state index >= 15 is 0 Å². The third-order valence-electron chi connectivity index (χ3n) is 3.38. The molecule has 0 atom stereocenters. The highest BCUT2D eigenvalue weighted by molar-refractivity contribution is 5.51. The lowest BCUT2D eigenvalue weighted by Gasteiger charge is -2.05. The third kappa shape index (κ3) is 3.52. The van der Waals surface area contributed by atoms with Crippen molar-refractivity contribution in [1.29, 1.82) is 0 Å². The Kier molecular flexibility index (Phi) is 4.49. The molecule has 0 amide bonds. The quantitative estimate of drug-likeness (QED) is 0.691. The van der Waals surface area contributed by atoms with Gasteiger partial charge in [0, 0.05) is 5.56 Å². The largest absolute Gasteiger partial charge is 0.493 e. The lowest BCUT2D eigenvalue weighted by atomic mass is 10.2. The Labute approximate surface area is 129 Å². The molecule has 0 fully saturated rings. The second-order valence-corrected chi connectivity index (χ2v) is 4.97. The molecule has 0 saturated heterocycles. The Balaban J connectivity index is 1.57. The fraction of sp³-hybridized carbons (Fsp3) is 0.222. The summed E-state index contributed by atoms with van der Waals surface area (Å²) >= 11 is 0. The second kappa shape index (κ2) is 6.89. The number of aryl methyl sites for hydroxylation is 1. The van der Waals surface area contributed by atoms with Crippen LogP contribution >= 0.6 is 0 Å². The molecule has 3 rings (SSSR count). The van der Waals surface area contributed by atoms with Crippen LogP contribution in [0.4, 0.5) is 0 Å². The van der Waals surface area contributed by atoms with Crippen LogP contribution in [0.15, 0.2) is 59.0 Å². The molecule has 0 aliphatic heterocycles. The minimum Gasteiger partial charge on any atom is -0.493 e. The maximum atomic E-state index is 5.74. The van der Waals surface area contributed by atoms with Gasteiger partial charge in [-0.05, 0) is 36.2 Å². The Bertz CT molecular complexity index is 723. The van der Waals surface area contributed by atoms with Crippen LogP contribution in [0.3, 0.4) is 0 Å².